The highest BCUT2D eigenvalue weighted by molar-refractivity contribution is 5.87. The molecule has 16 heavy (non-hydrogen) atoms. The molecule has 2 rings (SSSR count). The number of hydrogen-bond acceptors (Lipinski definition) is 3. The highest BCUT2D eigenvalue weighted by Crippen LogP contribution is 2.16. The summed E-state index contributed by atoms with van der Waals surface area (Å²) in [4.78, 5) is 26.6. The summed E-state index contributed by atoms with van der Waals surface area (Å²) in [5, 5.41) is 0. The molecule has 1 unspecified atom stereocenters. The smallest absolute Gasteiger partial charge is 0.410 e. The fraction of sp³-hybridized carbons (Fsp3) is 0.818. The summed E-state index contributed by atoms with van der Waals surface area (Å²) < 4.78 is 4.86. The lowest BCUT2D eigenvalue weighted by atomic mass is 10.2. The van der Waals surface area contributed by atoms with Gasteiger partial charge in [0.15, 0.2) is 0 Å². The largest absolute Gasteiger partial charge is 0.447 e. The van der Waals surface area contributed by atoms with Crippen molar-refractivity contribution in [2.24, 2.45) is 0 Å². The minimum absolute atomic E-state index is 0.0373. The number of carbonyl (C=O) groups excluding carboxylic acids is 2. The Bertz CT molecular complexity index is 285. The minimum atomic E-state index is -0.411. The lowest BCUT2D eigenvalue weighted by molar-refractivity contribution is -0.134. The number of nitrogens with zero attached hydrogens (tertiary/aromatic N) is 2. The van der Waals surface area contributed by atoms with Gasteiger partial charge in [0.2, 0.25) is 5.91 Å². The van der Waals surface area contributed by atoms with Crippen molar-refractivity contribution in [2.45, 2.75) is 31.7 Å². The Hall–Kier alpha value is -1.26. The Balaban J connectivity index is 1.98. The normalized spacial score (nSPS) is 26.6. The van der Waals surface area contributed by atoms with E-state index < -0.39 is 12.1 Å². The van der Waals surface area contributed by atoms with E-state index in [-0.39, 0.29) is 12.5 Å². The molecule has 0 aromatic rings. The zero-order valence-corrected chi connectivity index (χ0v) is 9.65. The number of carbonyl (C=O) groups is 2. The van der Waals surface area contributed by atoms with E-state index in [0.717, 1.165) is 25.9 Å². The van der Waals surface area contributed by atoms with Crippen LogP contribution < -0.4 is 0 Å². The molecule has 0 aromatic heterocycles. The Labute approximate surface area is 95.3 Å². The second-order valence-electron chi connectivity index (χ2n) is 4.44. The van der Waals surface area contributed by atoms with Gasteiger partial charge >= 0.3 is 6.09 Å². The first kappa shape index (κ1) is 11.2. The van der Waals surface area contributed by atoms with Crippen LogP contribution in [0.15, 0.2) is 0 Å². The zero-order chi connectivity index (χ0) is 11.5. The van der Waals surface area contributed by atoms with Crippen molar-refractivity contribution in [3.05, 3.63) is 0 Å². The second-order valence-corrected chi connectivity index (χ2v) is 4.44. The van der Waals surface area contributed by atoms with Gasteiger partial charge in [-0.25, -0.2) is 4.79 Å². The van der Waals surface area contributed by atoms with E-state index in [0.29, 0.717) is 0 Å². The van der Waals surface area contributed by atoms with E-state index >= 15 is 0 Å². The first-order valence-electron chi connectivity index (χ1n) is 5.88. The van der Waals surface area contributed by atoms with Gasteiger partial charge in [0, 0.05) is 20.1 Å². The molecule has 0 N–H and O–H groups in total. The van der Waals surface area contributed by atoms with Crippen molar-refractivity contribution in [1.82, 2.24) is 9.80 Å². The summed E-state index contributed by atoms with van der Waals surface area (Å²) in [5.74, 6) is 0.0373. The van der Waals surface area contributed by atoms with Crippen LogP contribution in [0.3, 0.4) is 0 Å². The Morgan fingerprint density at radius 2 is 1.88 bits per heavy atom. The fourth-order valence-corrected chi connectivity index (χ4v) is 2.23. The molecule has 0 spiro atoms. The zero-order valence-electron chi connectivity index (χ0n) is 9.65. The van der Waals surface area contributed by atoms with Gasteiger partial charge in [-0.3, -0.25) is 9.69 Å². The van der Waals surface area contributed by atoms with Gasteiger partial charge in [0.25, 0.3) is 0 Å². The Morgan fingerprint density at radius 1 is 1.25 bits per heavy atom. The molecule has 2 saturated heterocycles. The number of likely N-dealkylation sites (tertiary alicyclic amines) is 1. The molecule has 2 aliphatic heterocycles. The summed E-state index contributed by atoms with van der Waals surface area (Å²) in [6, 6.07) is -0.411. The van der Waals surface area contributed by atoms with E-state index in [4.69, 9.17) is 4.74 Å². The summed E-state index contributed by atoms with van der Waals surface area (Å²) in [7, 11) is 1.62. The van der Waals surface area contributed by atoms with Gasteiger partial charge in [0.1, 0.15) is 12.6 Å². The number of hydrogen-bond donors (Lipinski definition) is 0. The lowest BCUT2D eigenvalue weighted by Gasteiger charge is -2.25. The number of rotatable bonds is 1. The third-order valence-corrected chi connectivity index (χ3v) is 3.32. The number of amides is 2. The molecule has 0 saturated carbocycles. The molecule has 0 aromatic carbocycles. The molecule has 0 radical (unpaired) electrons. The van der Waals surface area contributed by atoms with Crippen molar-refractivity contribution in [1.29, 1.82) is 0 Å². The molecule has 2 fully saturated rings. The van der Waals surface area contributed by atoms with Crippen LogP contribution in [-0.2, 0) is 9.53 Å². The van der Waals surface area contributed by atoms with Gasteiger partial charge < -0.3 is 9.64 Å². The van der Waals surface area contributed by atoms with Gasteiger partial charge in [-0.1, -0.05) is 12.8 Å². The number of likely N-dealkylation sites (N-methyl/N-ethyl adjacent to an activating group) is 1. The molecular weight excluding hydrogens is 208 g/mol. The highest BCUT2D eigenvalue weighted by Gasteiger charge is 2.37. The molecule has 1 atom stereocenters. The standard InChI is InChI=1S/C11H18N2O3/c1-12-9(8-16-11(12)15)10(14)13-6-4-2-3-5-7-13/h9H,2-8H2,1H3. The first-order chi connectivity index (χ1) is 7.70. The van der Waals surface area contributed by atoms with Crippen molar-refractivity contribution in [3.63, 3.8) is 0 Å². The molecule has 5 heteroatoms. The summed E-state index contributed by atoms with van der Waals surface area (Å²) in [6.07, 6.45) is 4.13. The van der Waals surface area contributed by atoms with E-state index in [9.17, 15) is 9.59 Å². The quantitative estimate of drug-likeness (QED) is 0.665. The summed E-state index contributed by atoms with van der Waals surface area (Å²) >= 11 is 0. The summed E-state index contributed by atoms with van der Waals surface area (Å²) in [6.45, 7) is 1.83. The third-order valence-electron chi connectivity index (χ3n) is 3.32. The van der Waals surface area contributed by atoms with Crippen molar-refractivity contribution in [3.8, 4) is 0 Å². The van der Waals surface area contributed by atoms with Crippen LogP contribution in [0.2, 0.25) is 0 Å². The van der Waals surface area contributed by atoms with E-state index in [1.165, 1.54) is 17.7 Å². The third kappa shape index (κ3) is 2.13. The predicted octanol–water partition coefficient (Wildman–Crippen LogP) is 0.840. The van der Waals surface area contributed by atoms with Crippen LogP contribution in [0.25, 0.3) is 0 Å². The van der Waals surface area contributed by atoms with Gasteiger partial charge in [-0.2, -0.15) is 0 Å². The molecule has 0 aliphatic carbocycles. The van der Waals surface area contributed by atoms with Crippen molar-refractivity contribution >= 4 is 12.0 Å². The Morgan fingerprint density at radius 3 is 2.38 bits per heavy atom. The molecule has 2 aliphatic rings. The van der Waals surface area contributed by atoms with Crippen molar-refractivity contribution < 1.29 is 14.3 Å². The maximum atomic E-state index is 12.2. The predicted molar refractivity (Wildman–Crippen MR) is 57.9 cm³/mol. The van der Waals surface area contributed by atoms with Crippen LogP contribution in [0.1, 0.15) is 25.7 Å². The molecule has 90 valence electrons. The molecule has 5 nitrogen and oxygen atoms in total. The average molecular weight is 226 g/mol. The minimum Gasteiger partial charge on any atom is -0.447 e. The highest BCUT2D eigenvalue weighted by atomic mass is 16.6. The molecule has 2 amide bonds. The first-order valence-corrected chi connectivity index (χ1v) is 5.88. The molecule has 0 bridgehead atoms. The van der Waals surface area contributed by atoms with Gasteiger partial charge in [0.05, 0.1) is 0 Å². The number of ether oxygens (including phenoxy) is 1. The summed E-state index contributed by atoms with van der Waals surface area (Å²) in [5.41, 5.74) is 0. The second kappa shape index (κ2) is 4.72. The molecule has 2 heterocycles. The SMILES string of the molecule is CN1C(=O)OCC1C(=O)N1CCCCCC1. The maximum Gasteiger partial charge on any atom is 0.410 e. The van der Waals surface area contributed by atoms with Crippen LogP contribution in [0.5, 0.6) is 0 Å². The van der Waals surface area contributed by atoms with E-state index in [1.807, 2.05) is 4.90 Å². The number of cyclic esters (lactones) is 1. The van der Waals surface area contributed by atoms with Crippen molar-refractivity contribution in [2.75, 3.05) is 26.7 Å². The topological polar surface area (TPSA) is 49.9 Å². The monoisotopic (exact) mass is 226 g/mol. The fourth-order valence-electron chi connectivity index (χ4n) is 2.23. The molecular formula is C11H18N2O3. The van der Waals surface area contributed by atoms with Crippen LogP contribution in [0.4, 0.5) is 4.79 Å². The Kier molecular flexibility index (Phi) is 3.31. The van der Waals surface area contributed by atoms with E-state index in [2.05, 4.69) is 0 Å². The van der Waals surface area contributed by atoms with Crippen LogP contribution in [-0.4, -0.2) is 54.6 Å². The maximum absolute atomic E-state index is 12.2. The van der Waals surface area contributed by atoms with Crippen LogP contribution >= 0.6 is 0 Å². The van der Waals surface area contributed by atoms with Gasteiger partial charge in [-0.05, 0) is 12.8 Å². The average Bonchev–Trinajstić information content (AvgIpc) is 2.53. The lowest BCUT2D eigenvalue weighted by Crippen LogP contribution is -2.46. The van der Waals surface area contributed by atoms with E-state index in [1.54, 1.807) is 7.05 Å². The van der Waals surface area contributed by atoms with Crippen LogP contribution in [0, 0.1) is 0 Å². The van der Waals surface area contributed by atoms with Gasteiger partial charge in [-0.15, -0.1) is 0 Å².